The number of aromatic nitrogens is 1. The lowest BCUT2D eigenvalue weighted by Crippen LogP contribution is -2.54. The fourth-order valence-corrected chi connectivity index (χ4v) is 3.40. The maximum absolute atomic E-state index is 13.3. The molecule has 0 aliphatic carbocycles. The summed E-state index contributed by atoms with van der Waals surface area (Å²) in [6, 6.07) is 16.3. The Morgan fingerprint density at radius 2 is 1.67 bits per heavy atom. The fraction of sp³-hybridized carbons (Fsp3) is 0.0455. The molecule has 1 aromatic heterocycles. The number of methoxy groups -OCH3 is 1. The van der Waals surface area contributed by atoms with E-state index in [1.54, 1.807) is 13.2 Å². The quantitative estimate of drug-likeness (QED) is 0.398. The second kappa shape index (κ2) is 7.92. The molecule has 1 fully saturated rings. The number of hydrogen-bond donors (Lipinski definition) is 1. The molecule has 2 aromatic carbocycles. The highest BCUT2D eigenvalue weighted by Crippen LogP contribution is 2.24. The first-order chi connectivity index (χ1) is 14.5. The van der Waals surface area contributed by atoms with Crippen LogP contribution < -0.4 is 15.0 Å². The maximum atomic E-state index is 13.3. The SMILES string of the molecule is COc1ccc(-n2cccc2C=C2C(=O)NC(=S)N(c3ccc(F)cc3)C2=O)cc1. The first-order valence-corrected chi connectivity index (χ1v) is 9.37. The standard InChI is InChI=1S/C22H16FN3O3S/c1-29-18-10-8-15(9-11-18)25-12-2-3-17(25)13-19-20(27)24-22(30)26(21(19)28)16-6-4-14(23)5-7-16/h2-13H,1H3,(H,24,27,30). The molecule has 1 saturated heterocycles. The lowest BCUT2D eigenvalue weighted by atomic mass is 10.1. The zero-order valence-electron chi connectivity index (χ0n) is 15.8. The summed E-state index contributed by atoms with van der Waals surface area (Å²) in [6.45, 7) is 0. The van der Waals surface area contributed by atoms with Crippen LogP contribution in [0.25, 0.3) is 11.8 Å². The van der Waals surface area contributed by atoms with Crippen LogP contribution in [0.4, 0.5) is 10.1 Å². The van der Waals surface area contributed by atoms with Gasteiger partial charge in [-0.2, -0.15) is 0 Å². The number of ether oxygens (including phenoxy) is 1. The second-order valence-electron chi connectivity index (χ2n) is 6.44. The molecule has 8 heteroatoms. The Bertz CT molecular complexity index is 1170. The summed E-state index contributed by atoms with van der Waals surface area (Å²) >= 11 is 5.16. The van der Waals surface area contributed by atoms with Crippen molar-refractivity contribution in [1.29, 1.82) is 0 Å². The average Bonchev–Trinajstić information content (AvgIpc) is 3.20. The van der Waals surface area contributed by atoms with Crippen LogP contribution in [-0.4, -0.2) is 28.6 Å². The van der Waals surface area contributed by atoms with Crippen molar-refractivity contribution < 1.29 is 18.7 Å². The molecule has 1 aliphatic heterocycles. The minimum absolute atomic E-state index is 0.0562. The van der Waals surface area contributed by atoms with Crippen molar-refractivity contribution in [3.05, 3.63) is 83.9 Å². The molecule has 4 rings (SSSR count). The molecule has 0 radical (unpaired) electrons. The predicted octanol–water partition coefficient (Wildman–Crippen LogP) is 3.46. The van der Waals surface area contributed by atoms with Gasteiger partial charge >= 0.3 is 0 Å². The Hall–Kier alpha value is -3.78. The van der Waals surface area contributed by atoms with Gasteiger partial charge in [-0.1, -0.05) is 0 Å². The van der Waals surface area contributed by atoms with Gasteiger partial charge in [-0.25, -0.2) is 4.39 Å². The Morgan fingerprint density at radius 3 is 2.33 bits per heavy atom. The molecule has 1 N–H and O–H groups in total. The normalized spacial score (nSPS) is 15.5. The summed E-state index contributed by atoms with van der Waals surface area (Å²) in [5.41, 5.74) is 1.75. The van der Waals surface area contributed by atoms with Crippen molar-refractivity contribution in [1.82, 2.24) is 9.88 Å². The largest absolute Gasteiger partial charge is 0.497 e. The van der Waals surface area contributed by atoms with Gasteiger partial charge in [-0.15, -0.1) is 0 Å². The third-order valence-corrected chi connectivity index (χ3v) is 4.89. The second-order valence-corrected chi connectivity index (χ2v) is 6.82. The average molecular weight is 421 g/mol. The van der Waals surface area contributed by atoms with Gasteiger partial charge in [0.15, 0.2) is 5.11 Å². The van der Waals surface area contributed by atoms with Gasteiger partial charge in [-0.05, 0) is 79.0 Å². The molecule has 2 amide bonds. The van der Waals surface area contributed by atoms with Crippen LogP contribution in [0.3, 0.4) is 0 Å². The van der Waals surface area contributed by atoms with Gasteiger partial charge in [0, 0.05) is 17.6 Å². The molecule has 0 saturated carbocycles. The number of anilines is 1. The molecule has 150 valence electrons. The summed E-state index contributed by atoms with van der Waals surface area (Å²) in [6.07, 6.45) is 3.32. The fourth-order valence-electron chi connectivity index (χ4n) is 3.12. The number of halogens is 1. The van der Waals surface area contributed by atoms with Crippen molar-refractivity contribution in [2.24, 2.45) is 0 Å². The number of nitrogens with one attached hydrogen (secondary N) is 1. The molecular weight excluding hydrogens is 405 g/mol. The zero-order chi connectivity index (χ0) is 21.3. The van der Waals surface area contributed by atoms with Crippen LogP contribution in [0.5, 0.6) is 5.75 Å². The van der Waals surface area contributed by atoms with E-state index in [1.165, 1.54) is 35.2 Å². The van der Waals surface area contributed by atoms with E-state index < -0.39 is 17.6 Å². The van der Waals surface area contributed by atoms with E-state index in [4.69, 9.17) is 17.0 Å². The number of rotatable bonds is 4. The van der Waals surface area contributed by atoms with E-state index in [9.17, 15) is 14.0 Å². The van der Waals surface area contributed by atoms with E-state index >= 15 is 0 Å². The highest BCUT2D eigenvalue weighted by Gasteiger charge is 2.34. The number of carbonyl (C=O) groups is 2. The molecule has 0 unspecified atom stereocenters. The number of nitrogens with zero attached hydrogens (tertiary/aromatic N) is 2. The van der Waals surface area contributed by atoms with E-state index in [0.717, 1.165) is 11.4 Å². The van der Waals surface area contributed by atoms with Gasteiger partial charge in [-0.3, -0.25) is 19.8 Å². The summed E-state index contributed by atoms with van der Waals surface area (Å²) in [7, 11) is 1.59. The monoisotopic (exact) mass is 421 g/mol. The lowest BCUT2D eigenvalue weighted by Gasteiger charge is -2.28. The van der Waals surface area contributed by atoms with E-state index in [0.29, 0.717) is 11.4 Å². The summed E-state index contributed by atoms with van der Waals surface area (Å²) in [5.74, 6) is -0.897. The summed E-state index contributed by atoms with van der Waals surface area (Å²) < 4.78 is 20.3. The smallest absolute Gasteiger partial charge is 0.270 e. The molecule has 0 bridgehead atoms. The number of benzene rings is 2. The highest BCUT2D eigenvalue weighted by atomic mass is 32.1. The van der Waals surface area contributed by atoms with E-state index in [1.807, 2.05) is 41.1 Å². The van der Waals surface area contributed by atoms with Crippen molar-refractivity contribution in [2.75, 3.05) is 12.0 Å². The Morgan fingerprint density at radius 1 is 1.00 bits per heavy atom. The highest BCUT2D eigenvalue weighted by molar-refractivity contribution is 7.80. The third kappa shape index (κ3) is 3.60. The van der Waals surface area contributed by atoms with Crippen LogP contribution in [0.1, 0.15) is 5.69 Å². The van der Waals surface area contributed by atoms with Crippen molar-refractivity contribution in [3.63, 3.8) is 0 Å². The van der Waals surface area contributed by atoms with Crippen LogP contribution in [-0.2, 0) is 9.59 Å². The first kappa shape index (κ1) is 19.5. The number of thiocarbonyl (C=S) groups is 1. The van der Waals surface area contributed by atoms with Gasteiger partial charge < -0.3 is 9.30 Å². The Labute approximate surface area is 177 Å². The zero-order valence-corrected chi connectivity index (χ0v) is 16.7. The lowest BCUT2D eigenvalue weighted by molar-refractivity contribution is -0.122. The Kier molecular flexibility index (Phi) is 5.16. The number of hydrogen-bond acceptors (Lipinski definition) is 4. The predicted molar refractivity (Wildman–Crippen MR) is 115 cm³/mol. The van der Waals surface area contributed by atoms with Gasteiger partial charge in [0.25, 0.3) is 11.8 Å². The van der Waals surface area contributed by atoms with Crippen molar-refractivity contribution in [3.8, 4) is 11.4 Å². The van der Waals surface area contributed by atoms with Crippen molar-refractivity contribution in [2.45, 2.75) is 0 Å². The molecule has 0 spiro atoms. The molecule has 30 heavy (non-hydrogen) atoms. The minimum atomic E-state index is -0.592. The van der Waals surface area contributed by atoms with Crippen LogP contribution in [0.15, 0.2) is 72.4 Å². The van der Waals surface area contributed by atoms with Crippen LogP contribution in [0.2, 0.25) is 0 Å². The van der Waals surface area contributed by atoms with E-state index in [2.05, 4.69) is 5.32 Å². The topological polar surface area (TPSA) is 63.6 Å². The van der Waals surface area contributed by atoms with Crippen LogP contribution in [0, 0.1) is 5.82 Å². The van der Waals surface area contributed by atoms with E-state index in [-0.39, 0.29) is 10.7 Å². The number of amides is 2. The van der Waals surface area contributed by atoms with Crippen molar-refractivity contribution >= 4 is 40.9 Å². The molecular formula is C22H16FN3O3S. The molecule has 2 heterocycles. The summed E-state index contributed by atoms with van der Waals surface area (Å²) in [5, 5.41) is 2.46. The molecule has 6 nitrogen and oxygen atoms in total. The number of carbonyl (C=O) groups excluding carboxylic acids is 2. The first-order valence-electron chi connectivity index (χ1n) is 8.97. The minimum Gasteiger partial charge on any atom is -0.497 e. The molecule has 3 aromatic rings. The third-order valence-electron chi connectivity index (χ3n) is 4.61. The van der Waals surface area contributed by atoms with Gasteiger partial charge in [0.1, 0.15) is 17.1 Å². The maximum Gasteiger partial charge on any atom is 0.270 e. The molecule has 0 atom stereocenters. The van der Waals surface area contributed by atoms with Gasteiger partial charge in [0.2, 0.25) is 0 Å². The molecule has 1 aliphatic rings. The summed E-state index contributed by atoms with van der Waals surface area (Å²) in [4.78, 5) is 26.8. The van der Waals surface area contributed by atoms with Crippen LogP contribution >= 0.6 is 12.2 Å². The van der Waals surface area contributed by atoms with Gasteiger partial charge in [0.05, 0.1) is 12.8 Å². The Balaban J connectivity index is 1.71.